The van der Waals surface area contributed by atoms with Crippen LogP contribution in [0.15, 0.2) is 21.9 Å². The van der Waals surface area contributed by atoms with Crippen LogP contribution in [0.3, 0.4) is 0 Å². The number of hydrogen-bond acceptors (Lipinski definition) is 3. The Kier molecular flexibility index (Phi) is 3.60. The Labute approximate surface area is 114 Å². The van der Waals surface area contributed by atoms with Gasteiger partial charge in [0.25, 0.3) is 11.5 Å². The minimum absolute atomic E-state index is 0.0539. The zero-order chi connectivity index (χ0) is 14.9. The van der Waals surface area contributed by atoms with Gasteiger partial charge in [0.1, 0.15) is 0 Å². The molecule has 2 rings (SSSR count). The third-order valence-corrected chi connectivity index (χ3v) is 3.36. The number of hydrogen-bond donors (Lipinski definition) is 3. The molecule has 0 aliphatic heterocycles. The van der Waals surface area contributed by atoms with Crippen LogP contribution < -0.4 is 16.6 Å². The van der Waals surface area contributed by atoms with E-state index in [-0.39, 0.29) is 12.5 Å². The average molecular weight is 276 g/mol. The highest BCUT2D eigenvalue weighted by Gasteiger charge is 2.14. The van der Waals surface area contributed by atoms with Crippen molar-refractivity contribution in [1.29, 1.82) is 0 Å². The molecule has 7 nitrogen and oxygen atoms in total. The van der Waals surface area contributed by atoms with E-state index in [0.717, 1.165) is 11.4 Å². The lowest BCUT2D eigenvalue weighted by atomic mass is 10.2. The number of carbonyl (C=O) groups excluding carboxylic acids is 1. The second-order valence-corrected chi connectivity index (χ2v) is 4.62. The molecule has 2 aromatic rings. The molecular weight excluding hydrogens is 260 g/mol. The smallest absolute Gasteiger partial charge is 0.325 e. The first-order chi connectivity index (χ1) is 9.40. The van der Waals surface area contributed by atoms with E-state index in [1.165, 1.54) is 6.20 Å². The van der Waals surface area contributed by atoms with E-state index in [2.05, 4.69) is 15.3 Å². The predicted octanol–water partition coefficient (Wildman–Crippen LogP) is -0.0515. The summed E-state index contributed by atoms with van der Waals surface area (Å²) < 4.78 is 1.92. The summed E-state index contributed by atoms with van der Waals surface area (Å²) in [5.41, 5.74) is 1.63. The molecule has 20 heavy (non-hydrogen) atoms. The molecular formula is C13H16N4O3. The van der Waals surface area contributed by atoms with Crippen LogP contribution in [0, 0.1) is 13.8 Å². The number of H-pyrrole nitrogens is 2. The van der Waals surface area contributed by atoms with Gasteiger partial charge in [-0.1, -0.05) is 0 Å². The number of aryl methyl sites for hydroxylation is 1. The van der Waals surface area contributed by atoms with Crippen molar-refractivity contribution < 1.29 is 4.79 Å². The zero-order valence-electron chi connectivity index (χ0n) is 11.5. The van der Waals surface area contributed by atoms with Gasteiger partial charge in [0.2, 0.25) is 0 Å². The van der Waals surface area contributed by atoms with Crippen molar-refractivity contribution in [1.82, 2.24) is 19.9 Å². The van der Waals surface area contributed by atoms with Crippen LogP contribution in [0.25, 0.3) is 0 Å². The Morgan fingerprint density at radius 1 is 1.35 bits per heavy atom. The van der Waals surface area contributed by atoms with Crippen molar-refractivity contribution in [3.8, 4) is 0 Å². The van der Waals surface area contributed by atoms with Crippen molar-refractivity contribution in [2.45, 2.75) is 20.4 Å². The number of aromatic amines is 2. The van der Waals surface area contributed by atoms with Gasteiger partial charge in [-0.05, 0) is 19.9 Å². The summed E-state index contributed by atoms with van der Waals surface area (Å²) in [4.78, 5) is 38.9. The second-order valence-electron chi connectivity index (χ2n) is 4.62. The SMILES string of the molecule is Cc1cc(C(=O)NCc2c[nH]c(=O)[nH]c2=O)c(C)n1C. The molecule has 3 N–H and O–H groups in total. The molecule has 0 unspecified atom stereocenters. The van der Waals surface area contributed by atoms with Gasteiger partial charge in [-0.2, -0.15) is 0 Å². The van der Waals surface area contributed by atoms with Crippen molar-refractivity contribution in [2.75, 3.05) is 0 Å². The summed E-state index contributed by atoms with van der Waals surface area (Å²) in [7, 11) is 1.88. The van der Waals surface area contributed by atoms with Crippen LogP contribution >= 0.6 is 0 Å². The largest absolute Gasteiger partial charge is 0.351 e. The predicted molar refractivity (Wildman–Crippen MR) is 73.7 cm³/mol. The maximum Gasteiger partial charge on any atom is 0.325 e. The molecule has 2 aromatic heterocycles. The second kappa shape index (κ2) is 5.20. The lowest BCUT2D eigenvalue weighted by Crippen LogP contribution is -2.30. The number of nitrogens with one attached hydrogen (secondary N) is 3. The summed E-state index contributed by atoms with van der Waals surface area (Å²) in [5, 5.41) is 2.66. The molecule has 1 amide bonds. The molecule has 0 aromatic carbocycles. The highest BCUT2D eigenvalue weighted by atomic mass is 16.2. The van der Waals surface area contributed by atoms with Crippen molar-refractivity contribution in [2.24, 2.45) is 7.05 Å². The fraction of sp³-hybridized carbons (Fsp3) is 0.308. The maximum atomic E-state index is 12.1. The minimum atomic E-state index is -0.570. The number of rotatable bonds is 3. The zero-order valence-corrected chi connectivity index (χ0v) is 11.5. The first kappa shape index (κ1) is 13.9. The fourth-order valence-electron chi connectivity index (χ4n) is 1.92. The maximum absolute atomic E-state index is 12.1. The third kappa shape index (κ3) is 2.56. The molecule has 0 aliphatic rings. The lowest BCUT2D eigenvalue weighted by molar-refractivity contribution is 0.0950. The van der Waals surface area contributed by atoms with E-state index in [4.69, 9.17) is 0 Å². The fourth-order valence-corrected chi connectivity index (χ4v) is 1.92. The Bertz CT molecular complexity index is 767. The van der Waals surface area contributed by atoms with Gasteiger partial charge < -0.3 is 14.9 Å². The highest BCUT2D eigenvalue weighted by Crippen LogP contribution is 2.12. The van der Waals surface area contributed by atoms with Crippen LogP contribution in [-0.4, -0.2) is 20.4 Å². The topological polar surface area (TPSA) is 99.8 Å². The standard InChI is InChI=1S/C13H16N4O3/c1-7-4-10(8(2)17(7)3)12(19)14-5-9-6-15-13(20)16-11(9)18/h4,6H,5H2,1-3H3,(H,14,19)(H2,15,16,18,20). The Morgan fingerprint density at radius 2 is 2.05 bits per heavy atom. The average Bonchev–Trinajstić information content (AvgIpc) is 2.65. The third-order valence-electron chi connectivity index (χ3n) is 3.36. The molecule has 0 fully saturated rings. The summed E-state index contributed by atoms with van der Waals surface area (Å²) in [6, 6.07) is 1.79. The molecule has 0 bridgehead atoms. The minimum Gasteiger partial charge on any atom is -0.351 e. The lowest BCUT2D eigenvalue weighted by Gasteiger charge is -2.05. The van der Waals surface area contributed by atoms with Gasteiger partial charge in [0.05, 0.1) is 11.1 Å². The van der Waals surface area contributed by atoms with E-state index >= 15 is 0 Å². The number of amides is 1. The molecule has 0 saturated carbocycles. The molecule has 0 radical (unpaired) electrons. The Morgan fingerprint density at radius 3 is 2.60 bits per heavy atom. The Balaban J connectivity index is 2.14. The van der Waals surface area contributed by atoms with Crippen LogP contribution in [0.1, 0.15) is 27.3 Å². The van der Waals surface area contributed by atoms with Gasteiger partial charge in [-0.15, -0.1) is 0 Å². The number of nitrogens with zero attached hydrogens (tertiary/aromatic N) is 1. The van der Waals surface area contributed by atoms with Crippen LogP contribution in [0.2, 0.25) is 0 Å². The number of aromatic nitrogens is 3. The van der Waals surface area contributed by atoms with E-state index in [1.807, 2.05) is 25.5 Å². The van der Waals surface area contributed by atoms with Gasteiger partial charge in [0.15, 0.2) is 0 Å². The molecule has 7 heteroatoms. The van der Waals surface area contributed by atoms with Gasteiger partial charge >= 0.3 is 5.69 Å². The first-order valence-corrected chi connectivity index (χ1v) is 6.12. The summed E-state index contributed by atoms with van der Waals surface area (Å²) >= 11 is 0. The van der Waals surface area contributed by atoms with E-state index in [0.29, 0.717) is 11.1 Å². The summed E-state index contributed by atoms with van der Waals surface area (Å²) in [5.74, 6) is -0.253. The molecule has 0 spiro atoms. The normalized spacial score (nSPS) is 10.6. The van der Waals surface area contributed by atoms with Gasteiger partial charge in [-0.3, -0.25) is 14.6 Å². The van der Waals surface area contributed by atoms with Gasteiger partial charge in [0, 0.05) is 31.2 Å². The monoisotopic (exact) mass is 276 g/mol. The van der Waals surface area contributed by atoms with Gasteiger partial charge in [-0.25, -0.2) is 4.79 Å². The molecule has 0 atom stereocenters. The van der Waals surface area contributed by atoms with Crippen molar-refractivity contribution in [3.63, 3.8) is 0 Å². The highest BCUT2D eigenvalue weighted by molar-refractivity contribution is 5.95. The number of carbonyl (C=O) groups is 1. The van der Waals surface area contributed by atoms with E-state index < -0.39 is 11.2 Å². The summed E-state index contributed by atoms with van der Waals surface area (Å²) in [6.45, 7) is 3.82. The van der Waals surface area contributed by atoms with E-state index in [9.17, 15) is 14.4 Å². The van der Waals surface area contributed by atoms with Crippen molar-refractivity contribution in [3.05, 3.63) is 55.6 Å². The van der Waals surface area contributed by atoms with Crippen LogP contribution in [0.4, 0.5) is 0 Å². The van der Waals surface area contributed by atoms with E-state index in [1.54, 1.807) is 6.07 Å². The summed E-state index contributed by atoms with van der Waals surface area (Å²) in [6.07, 6.45) is 1.30. The van der Waals surface area contributed by atoms with Crippen LogP contribution in [0.5, 0.6) is 0 Å². The van der Waals surface area contributed by atoms with Crippen LogP contribution in [-0.2, 0) is 13.6 Å². The molecule has 2 heterocycles. The Hall–Kier alpha value is -2.57. The molecule has 106 valence electrons. The van der Waals surface area contributed by atoms with Crippen molar-refractivity contribution >= 4 is 5.91 Å². The first-order valence-electron chi connectivity index (χ1n) is 6.12. The molecule has 0 aliphatic carbocycles. The molecule has 0 saturated heterocycles. The quantitative estimate of drug-likeness (QED) is 0.732.